The number of carbonyl (C=O) groups excluding carboxylic acids is 1. The third kappa shape index (κ3) is 3.62. The van der Waals surface area contributed by atoms with Crippen molar-refractivity contribution in [3.8, 4) is 0 Å². The molecule has 1 aromatic rings. The van der Waals surface area contributed by atoms with Crippen molar-refractivity contribution in [2.45, 2.75) is 25.8 Å². The Labute approximate surface area is 121 Å². The van der Waals surface area contributed by atoms with Gasteiger partial charge in [0.25, 0.3) is 5.91 Å². The van der Waals surface area contributed by atoms with E-state index >= 15 is 0 Å². The fourth-order valence-electron chi connectivity index (χ4n) is 2.17. The molecule has 0 aromatic heterocycles. The average molecular weight is 300 g/mol. The van der Waals surface area contributed by atoms with Crippen LogP contribution >= 0.6 is 11.8 Å². The molecule has 1 aliphatic rings. The van der Waals surface area contributed by atoms with Gasteiger partial charge >= 0.3 is 0 Å². The van der Waals surface area contributed by atoms with Crippen molar-refractivity contribution >= 4 is 23.4 Å². The molecule has 0 spiro atoms. The number of carbonyl (C=O) groups is 1. The first kappa shape index (κ1) is 15.1. The first-order valence-corrected chi connectivity index (χ1v) is 7.88. The van der Waals surface area contributed by atoms with Crippen LogP contribution in [-0.4, -0.2) is 30.0 Å². The van der Waals surface area contributed by atoms with E-state index in [4.69, 9.17) is 0 Å². The monoisotopic (exact) mass is 300 g/mol. The highest BCUT2D eigenvalue weighted by Gasteiger charge is 2.19. The minimum atomic E-state index is -0.741. The van der Waals surface area contributed by atoms with E-state index in [1.54, 1.807) is 18.7 Å². The molecule has 110 valence electrons. The summed E-state index contributed by atoms with van der Waals surface area (Å²) in [7, 11) is 0. The fraction of sp³-hybridized carbons (Fsp3) is 0.500. The third-order valence-corrected chi connectivity index (χ3v) is 4.37. The van der Waals surface area contributed by atoms with Crippen molar-refractivity contribution in [1.82, 2.24) is 5.32 Å². The van der Waals surface area contributed by atoms with Gasteiger partial charge in [0.15, 0.2) is 0 Å². The maximum absolute atomic E-state index is 13.8. The Morgan fingerprint density at radius 3 is 2.65 bits per heavy atom. The lowest BCUT2D eigenvalue weighted by molar-refractivity contribution is 0.0937. The van der Waals surface area contributed by atoms with Crippen LogP contribution in [0.2, 0.25) is 0 Å². The second-order valence-corrected chi connectivity index (χ2v) is 5.88. The van der Waals surface area contributed by atoms with Crippen LogP contribution in [0.25, 0.3) is 0 Å². The molecule has 1 heterocycles. The van der Waals surface area contributed by atoms with Crippen molar-refractivity contribution in [1.29, 1.82) is 0 Å². The largest absolute Gasteiger partial charge is 0.381 e. The maximum Gasteiger partial charge on any atom is 0.251 e. The second-order valence-electron chi connectivity index (χ2n) is 4.73. The lowest BCUT2D eigenvalue weighted by Gasteiger charge is -2.22. The van der Waals surface area contributed by atoms with Crippen LogP contribution in [0.3, 0.4) is 0 Å². The molecule has 6 heteroatoms. The zero-order valence-electron chi connectivity index (χ0n) is 11.3. The minimum absolute atomic E-state index is 0.0252. The van der Waals surface area contributed by atoms with E-state index in [9.17, 15) is 13.6 Å². The molecule has 1 atom stereocenters. The van der Waals surface area contributed by atoms with Crippen molar-refractivity contribution in [2.24, 2.45) is 0 Å². The minimum Gasteiger partial charge on any atom is -0.381 e. The number of rotatable bonds is 4. The molecule has 1 unspecified atom stereocenters. The summed E-state index contributed by atoms with van der Waals surface area (Å²) in [6, 6.07) is 2.24. The molecule has 2 rings (SSSR count). The van der Waals surface area contributed by atoms with Gasteiger partial charge in [-0.05, 0) is 37.7 Å². The number of halogens is 2. The van der Waals surface area contributed by atoms with E-state index < -0.39 is 17.5 Å². The molecule has 20 heavy (non-hydrogen) atoms. The summed E-state index contributed by atoms with van der Waals surface area (Å²) >= 11 is 1.78. The molecular formula is C14H18F2N2OS. The van der Waals surface area contributed by atoms with Gasteiger partial charge < -0.3 is 10.6 Å². The van der Waals surface area contributed by atoms with Gasteiger partial charge in [-0.2, -0.15) is 11.8 Å². The van der Waals surface area contributed by atoms with Crippen LogP contribution in [0.5, 0.6) is 0 Å². The van der Waals surface area contributed by atoms with Gasteiger partial charge in [-0.3, -0.25) is 4.79 Å². The van der Waals surface area contributed by atoms with Crippen molar-refractivity contribution in [3.05, 3.63) is 29.3 Å². The lowest BCUT2D eigenvalue weighted by Crippen LogP contribution is -2.38. The zero-order chi connectivity index (χ0) is 14.5. The zero-order valence-corrected chi connectivity index (χ0v) is 12.2. The van der Waals surface area contributed by atoms with Crippen molar-refractivity contribution < 1.29 is 13.6 Å². The molecular weight excluding hydrogens is 282 g/mol. The molecule has 1 saturated heterocycles. The number of hydrogen-bond donors (Lipinski definition) is 2. The van der Waals surface area contributed by atoms with E-state index in [0.717, 1.165) is 36.5 Å². The highest BCUT2D eigenvalue weighted by Crippen LogP contribution is 2.21. The maximum atomic E-state index is 13.8. The highest BCUT2D eigenvalue weighted by atomic mass is 32.2. The standard InChI is InChI=1S/C14H18F2N2OS/c1-2-17-13-11(15)6-9(7-12(13)16)14(19)18-10-4-3-5-20-8-10/h6-7,10,17H,2-5,8H2,1H3,(H,18,19). The Balaban J connectivity index is 2.09. The van der Waals surface area contributed by atoms with E-state index in [-0.39, 0.29) is 17.3 Å². The van der Waals surface area contributed by atoms with Crippen molar-refractivity contribution in [2.75, 3.05) is 23.4 Å². The van der Waals surface area contributed by atoms with Crippen LogP contribution in [-0.2, 0) is 0 Å². The van der Waals surface area contributed by atoms with Gasteiger partial charge in [-0.25, -0.2) is 8.78 Å². The Morgan fingerprint density at radius 2 is 2.10 bits per heavy atom. The van der Waals surface area contributed by atoms with Gasteiger partial charge in [-0.1, -0.05) is 0 Å². The number of thioether (sulfide) groups is 1. The third-order valence-electron chi connectivity index (χ3n) is 3.15. The lowest BCUT2D eigenvalue weighted by atomic mass is 10.1. The van der Waals surface area contributed by atoms with Gasteiger partial charge in [0, 0.05) is 23.9 Å². The van der Waals surface area contributed by atoms with Crippen LogP contribution in [0.4, 0.5) is 14.5 Å². The Hall–Kier alpha value is -1.30. The number of hydrogen-bond acceptors (Lipinski definition) is 3. The first-order chi connectivity index (χ1) is 9.61. The predicted molar refractivity (Wildman–Crippen MR) is 78.3 cm³/mol. The van der Waals surface area contributed by atoms with Gasteiger partial charge in [-0.15, -0.1) is 0 Å². The number of amides is 1. The van der Waals surface area contributed by atoms with E-state index in [0.29, 0.717) is 6.54 Å². The van der Waals surface area contributed by atoms with Gasteiger partial charge in [0.05, 0.1) is 0 Å². The van der Waals surface area contributed by atoms with Crippen LogP contribution < -0.4 is 10.6 Å². The summed E-state index contributed by atoms with van der Waals surface area (Å²) in [5.74, 6) is 0.0579. The molecule has 3 nitrogen and oxygen atoms in total. The molecule has 0 aliphatic carbocycles. The topological polar surface area (TPSA) is 41.1 Å². The van der Waals surface area contributed by atoms with Crippen molar-refractivity contribution in [3.63, 3.8) is 0 Å². The fourth-order valence-corrected chi connectivity index (χ4v) is 3.25. The Bertz CT molecular complexity index is 467. The summed E-state index contributed by atoms with van der Waals surface area (Å²) in [5, 5.41) is 5.43. The average Bonchev–Trinajstić information content (AvgIpc) is 2.43. The molecule has 0 radical (unpaired) electrons. The Morgan fingerprint density at radius 1 is 1.40 bits per heavy atom. The molecule has 1 fully saturated rings. The van der Waals surface area contributed by atoms with Gasteiger partial charge in [0.2, 0.25) is 0 Å². The quantitative estimate of drug-likeness (QED) is 0.898. The van der Waals surface area contributed by atoms with E-state index in [1.165, 1.54) is 0 Å². The summed E-state index contributed by atoms with van der Waals surface area (Å²) in [6.07, 6.45) is 1.97. The molecule has 0 saturated carbocycles. The van der Waals surface area contributed by atoms with E-state index in [1.807, 2.05) is 0 Å². The summed E-state index contributed by atoms with van der Waals surface area (Å²) in [5.41, 5.74) is -0.158. The van der Waals surface area contributed by atoms with Gasteiger partial charge in [0.1, 0.15) is 17.3 Å². The number of anilines is 1. The molecule has 2 N–H and O–H groups in total. The predicted octanol–water partition coefficient (Wildman–Crippen LogP) is 3.02. The van der Waals surface area contributed by atoms with Crippen LogP contribution in [0.15, 0.2) is 12.1 Å². The Kier molecular flexibility index (Phi) is 5.23. The SMILES string of the molecule is CCNc1c(F)cc(C(=O)NC2CCCSC2)cc1F. The van der Waals surface area contributed by atoms with E-state index in [2.05, 4.69) is 10.6 Å². The second kappa shape index (κ2) is 6.92. The summed E-state index contributed by atoms with van der Waals surface area (Å²) < 4.78 is 27.5. The smallest absolute Gasteiger partial charge is 0.251 e. The molecule has 1 aromatic carbocycles. The first-order valence-electron chi connectivity index (χ1n) is 6.73. The summed E-state index contributed by atoms with van der Waals surface area (Å²) in [4.78, 5) is 12.0. The molecule has 0 bridgehead atoms. The van der Waals surface area contributed by atoms with Crippen LogP contribution in [0.1, 0.15) is 30.1 Å². The summed E-state index contributed by atoms with van der Waals surface area (Å²) in [6.45, 7) is 2.17. The number of nitrogens with one attached hydrogen (secondary N) is 2. The molecule has 1 aliphatic heterocycles. The highest BCUT2D eigenvalue weighted by molar-refractivity contribution is 7.99. The normalized spacial score (nSPS) is 18.6. The van der Waals surface area contributed by atoms with Crippen LogP contribution in [0, 0.1) is 11.6 Å². The molecule has 1 amide bonds. The number of benzene rings is 1.